The molecule has 3 heteroatoms. The van der Waals surface area contributed by atoms with Gasteiger partial charge in [0.1, 0.15) is 18.4 Å². The van der Waals surface area contributed by atoms with Gasteiger partial charge in [0, 0.05) is 12.5 Å². The van der Waals surface area contributed by atoms with Crippen LogP contribution in [0.5, 0.6) is 0 Å². The standard InChI is InChI=1S/C11H8NO2/c1-13-7-10-5-8-3-2-4-9(6-12)11(8)14-10/h2-5,7H,1H3. The Kier molecular flexibility index (Phi) is 2.21. The third-order valence-corrected chi connectivity index (χ3v) is 1.92. The molecule has 0 fully saturated rings. The lowest BCUT2D eigenvalue weighted by Gasteiger charge is -1.90. The maximum atomic E-state index is 8.82. The number of hydrogen-bond acceptors (Lipinski definition) is 3. The van der Waals surface area contributed by atoms with Crippen LogP contribution < -0.4 is 0 Å². The van der Waals surface area contributed by atoms with Crippen LogP contribution in [0, 0.1) is 17.9 Å². The molecule has 3 nitrogen and oxygen atoms in total. The van der Waals surface area contributed by atoms with E-state index in [4.69, 9.17) is 14.4 Å². The summed E-state index contributed by atoms with van der Waals surface area (Å²) in [5, 5.41) is 9.73. The molecule has 0 atom stereocenters. The SMILES string of the molecule is CO[CH]c1cc2cccc(C#N)c2o1. The van der Waals surface area contributed by atoms with Gasteiger partial charge in [-0.15, -0.1) is 0 Å². The Labute approximate surface area is 81.5 Å². The van der Waals surface area contributed by atoms with Gasteiger partial charge in [0.25, 0.3) is 0 Å². The van der Waals surface area contributed by atoms with Crippen molar-refractivity contribution in [3.05, 3.63) is 42.2 Å². The summed E-state index contributed by atoms with van der Waals surface area (Å²) in [7, 11) is 1.55. The molecule has 0 amide bonds. The Morgan fingerprint density at radius 3 is 3.07 bits per heavy atom. The Hall–Kier alpha value is -1.79. The van der Waals surface area contributed by atoms with E-state index in [0.29, 0.717) is 16.9 Å². The molecule has 0 spiro atoms. The molecule has 0 saturated heterocycles. The molecule has 1 heterocycles. The number of fused-ring (bicyclic) bond motifs is 1. The van der Waals surface area contributed by atoms with E-state index in [1.165, 1.54) is 6.61 Å². The minimum absolute atomic E-state index is 0.540. The Morgan fingerprint density at radius 1 is 1.50 bits per heavy atom. The predicted molar refractivity (Wildman–Crippen MR) is 51.3 cm³/mol. The summed E-state index contributed by atoms with van der Waals surface area (Å²) in [4.78, 5) is 0. The summed E-state index contributed by atoms with van der Waals surface area (Å²) in [6.45, 7) is 1.50. The highest BCUT2D eigenvalue weighted by molar-refractivity contribution is 5.83. The van der Waals surface area contributed by atoms with Crippen LogP contribution in [0.2, 0.25) is 0 Å². The minimum atomic E-state index is 0.540. The summed E-state index contributed by atoms with van der Waals surface area (Å²) in [5.74, 6) is 0.616. The highest BCUT2D eigenvalue weighted by atomic mass is 16.5. The van der Waals surface area contributed by atoms with E-state index in [9.17, 15) is 0 Å². The summed E-state index contributed by atoms with van der Waals surface area (Å²) in [6, 6.07) is 9.36. The fourth-order valence-corrected chi connectivity index (χ4v) is 1.35. The van der Waals surface area contributed by atoms with Crippen LogP contribution in [0.25, 0.3) is 11.0 Å². The Morgan fingerprint density at radius 2 is 2.36 bits per heavy atom. The molecule has 0 N–H and O–H groups in total. The van der Waals surface area contributed by atoms with Gasteiger partial charge in [0.2, 0.25) is 0 Å². The first-order valence-corrected chi connectivity index (χ1v) is 4.14. The molecule has 0 bridgehead atoms. The molecule has 69 valence electrons. The Balaban J connectivity index is 2.60. The van der Waals surface area contributed by atoms with Gasteiger partial charge in [-0.25, -0.2) is 0 Å². The molecule has 2 aromatic rings. The van der Waals surface area contributed by atoms with Gasteiger partial charge in [-0.1, -0.05) is 12.1 Å². The molecule has 2 rings (SSSR count). The first-order chi connectivity index (χ1) is 6.85. The lowest BCUT2D eigenvalue weighted by atomic mass is 10.2. The zero-order chi connectivity index (χ0) is 9.97. The van der Waals surface area contributed by atoms with E-state index >= 15 is 0 Å². The van der Waals surface area contributed by atoms with E-state index < -0.39 is 0 Å². The monoisotopic (exact) mass is 186 g/mol. The van der Waals surface area contributed by atoms with Crippen LogP contribution >= 0.6 is 0 Å². The average molecular weight is 186 g/mol. The van der Waals surface area contributed by atoms with Crippen LogP contribution in [0.4, 0.5) is 0 Å². The molecule has 0 aliphatic carbocycles. The number of hydrogen-bond donors (Lipinski definition) is 0. The maximum absolute atomic E-state index is 8.82. The van der Waals surface area contributed by atoms with Crippen molar-refractivity contribution < 1.29 is 9.15 Å². The molecule has 0 unspecified atom stereocenters. The lowest BCUT2D eigenvalue weighted by molar-refractivity contribution is 0.275. The highest BCUT2D eigenvalue weighted by Crippen LogP contribution is 2.23. The molecule has 0 aliphatic rings. The number of ether oxygens (including phenoxy) is 1. The molecule has 14 heavy (non-hydrogen) atoms. The predicted octanol–water partition coefficient (Wildman–Crippen LogP) is 2.46. The number of benzene rings is 1. The number of nitriles is 1. The molecule has 1 aromatic carbocycles. The van der Waals surface area contributed by atoms with Gasteiger partial charge < -0.3 is 9.15 Å². The van der Waals surface area contributed by atoms with Gasteiger partial charge in [-0.2, -0.15) is 5.26 Å². The summed E-state index contributed by atoms with van der Waals surface area (Å²) in [6.07, 6.45) is 0. The van der Waals surface area contributed by atoms with Crippen molar-refractivity contribution in [1.29, 1.82) is 5.26 Å². The van der Waals surface area contributed by atoms with Gasteiger partial charge in [-0.3, -0.25) is 0 Å². The normalized spacial score (nSPS) is 10.3. The van der Waals surface area contributed by atoms with Crippen molar-refractivity contribution in [2.75, 3.05) is 7.11 Å². The molecule has 1 aromatic heterocycles. The lowest BCUT2D eigenvalue weighted by Crippen LogP contribution is -1.77. The molecule has 1 radical (unpaired) electrons. The molecular weight excluding hydrogens is 178 g/mol. The van der Waals surface area contributed by atoms with Crippen molar-refractivity contribution in [2.45, 2.75) is 0 Å². The van der Waals surface area contributed by atoms with E-state index in [1.54, 1.807) is 13.2 Å². The van der Waals surface area contributed by atoms with Crippen LogP contribution in [0.15, 0.2) is 28.7 Å². The highest BCUT2D eigenvalue weighted by Gasteiger charge is 2.07. The number of nitrogens with zero attached hydrogens (tertiary/aromatic N) is 1. The number of rotatable bonds is 2. The van der Waals surface area contributed by atoms with Crippen LogP contribution in [0.1, 0.15) is 11.3 Å². The number of para-hydroxylation sites is 1. The fourth-order valence-electron chi connectivity index (χ4n) is 1.35. The number of furan rings is 1. The smallest absolute Gasteiger partial charge is 0.152 e. The third kappa shape index (κ3) is 1.36. The quantitative estimate of drug-likeness (QED) is 0.723. The molecular formula is C11H8NO2. The number of methoxy groups -OCH3 is 1. The summed E-state index contributed by atoms with van der Waals surface area (Å²) >= 11 is 0. The second-order valence-electron chi connectivity index (χ2n) is 2.84. The van der Waals surface area contributed by atoms with Crippen molar-refractivity contribution in [2.24, 2.45) is 0 Å². The zero-order valence-corrected chi connectivity index (χ0v) is 7.65. The van der Waals surface area contributed by atoms with Crippen molar-refractivity contribution in [1.82, 2.24) is 0 Å². The van der Waals surface area contributed by atoms with Gasteiger partial charge in [-0.05, 0) is 12.1 Å². The van der Waals surface area contributed by atoms with Crippen LogP contribution in [-0.2, 0) is 4.74 Å². The van der Waals surface area contributed by atoms with E-state index in [1.807, 2.05) is 18.2 Å². The van der Waals surface area contributed by atoms with Crippen LogP contribution in [-0.4, -0.2) is 7.11 Å². The molecule has 0 aliphatic heterocycles. The zero-order valence-electron chi connectivity index (χ0n) is 7.65. The van der Waals surface area contributed by atoms with Gasteiger partial charge in [0.05, 0.1) is 5.56 Å². The second-order valence-corrected chi connectivity index (χ2v) is 2.84. The maximum Gasteiger partial charge on any atom is 0.152 e. The summed E-state index contributed by atoms with van der Waals surface area (Å²) < 4.78 is 10.3. The van der Waals surface area contributed by atoms with Crippen molar-refractivity contribution in [3.8, 4) is 6.07 Å². The second kappa shape index (κ2) is 3.52. The van der Waals surface area contributed by atoms with E-state index in [-0.39, 0.29) is 0 Å². The van der Waals surface area contributed by atoms with Gasteiger partial charge >= 0.3 is 0 Å². The van der Waals surface area contributed by atoms with Crippen LogP contribution in [0.3, 0.4) is 0 Å². The largest absolute Gasteiger partial charge is 0.457 e. The summed E-state index contributed by atoms with van der Waals surface area (Å²) in [5.41, 5.74) is 1.15. The molecule has 0 saturated carbocycles. The third-order valence-electron chi connectivity index (χ3n) is 1.92. The minimum Gasteiger partial charge on any atom is -0.457 e. The first-order valence-electron chi connectivity index (χ1n) is 4.14. The Bertz CT molecular complexity index is 493. The fraction of sp³-hybridized carbons (Fsp3) is 0.0909. The first kappa shape index (κ1) is 8.79. The topological polar surface area (TPSA) is 46.2 Å². The van der Waals surface area contributed by atoms with E-state index in [2.05, 4.69) is 6.07 Å². The van der Waals surface area contributed by atoms with Crippen molar-refractivity contribution >= 4 is 11.0 Å². The average Bonchev–Trinajstić information content (AvgIpc) is 2.60. The van der Waals surface area contributed by atoms with Gasteiger partial charge in [0.15, 0.2) is 5.58 Å². The van der Waals surface area contributed by atoms with E-state index in [0.717, 1.165) is 5.39 Å². The van der Waals surface area contributed by atoms with Crippen molar-refractivity contribution in [3.63, 3.8) is 0 Å².